The van der Waals surface area contributed by atoms with Crippen LogP contribution in [0.1, 0.15) is 51.4 Å². The van der Waals surface area contributed by atoms with Gasteiger partial charge in [-0.15, -0.1) is 23.2 Å². The molecule has 30 heavy (non-hydrogen) atoms. The minimum absolute atomic E-state index is 0.0480. The highest BCUT2D eigenvalue weighted by molar-refractivity contribution is 9.12. The molecule has 172 valence electrons. The minimum Gasteiger partial charge on any atom is -0.396 e. The van der Waals surface area contributed by atoms with Gasteiger partial charge in [0.15, 0.2) is 0 Å². The maximum absolute atomic E-state index is 9.04. The third-order valence-corrected chi connectivity index (χ3v) is 5.81. The Morgan fingerprint density at radius 2 is 1.67 bits per heavy atom. The molecule has 0 saturated carbocycles. The Labute approximate surface area is 207 Å². The lowest BCUT2D eigenvalue weighted by molar-refractivity contribution is -0.233. The molecule has 1 fully saturated rings. The largest absolute Gasteiger partial charge is 0.396 e. The summed E-state index contributed by atoms with van der Waals surface area (Å²) in [6.45, 7) is 9.38. The molecule has 0 aromatic heterocycles. The van der Waals surface area contributed by atoms with Gasteiger partial charge in [-0.05, 0) is 59.8 Å². The molecule has 0 aromatic carbocycles. The van der Waals surface area contributed by atoms with Crippen molar-refractivity contribution < 1.29 is 19.3 Å². The number of ether oxygens (including phenoxy) is 3. The van der Waals surface area contributed by atoms with Gasteiger partial charge in [-0.25, -0.2) is 0 Å². The van der Waals surface area contributed by atoms with Crippen LogP contribution in [0.4, 0.5) is 0 Å². The van der Waals surface area contributed by atoms with Crippen molar-refractivity contribution in [3.05, 3.63) is 22.1 Å². The fraction of sp³-hybridized carbons (Fsp3) is 0.727. The molecule has 1 unspecified atom stereocenters. The van der Waals surface area contributed by atoms with Crippen LogP contribution in [-0.4, -0.2) is 54.2 Å². The molecule has 1 saturated heterocycles. The predicted octanol–water partition coefficient (Wildman–Crippen LogP) is 6.26. The normalized spacial score (nSPS) is 18.7. The summed E-state index contributed by atoms with van der Waals surface area (Å²) in [4.78, 5) is 0. The Morgan fingerprint density at radius 1 is 1.07 bits per heavy atom. The number of allylic oxidation sites excluding steroid dienone is 2. The number of alkyl halides is 2. The van der Waals surface area contributed by atoms with Gasteiger partial charge < -0.3 is 19.3 Å². The van der Waals surface area contributed by atoms with E-state index in [9.17, 15) is 0 Å². The van der Waals surface area contributed by atoms with E-state index in [1.54, 1.807) is 0 Å². The molecule has 3 atom stereocenters. The van der Waals surface area contributed by atoms with E-state index in [1.165, 1.54) is 0 Å². The number of hydrogen-bond acceptors (Lipinski definition) is 4. The lowest BCUT2D eigenvalue weighted by Gasteiger charge is -2.33. The Kier molecular flexibility index (Phi) is 15.3. The van der Waals surface area contributed by atoms with Crippen LogP contribution in [0.15, 0.2) is 22.1 Å². The number of halogens is 4. The molecule has 1 aliphatic rings. The van der Waals surface area contributed by atoms with Crippen LogP contribution in [0, 0.1) is 11.8 Å². The summed E-state index contributed by atoms with van der Waals surface area (Å²) in [7, 11) is 0. The van der Waals surface area contributed by atoms with Crippen molar-refractivity contribution in [2.45, 2.75) is 74.0 Å². The molecule has 0 amide bonds. The maximum Gasteiger partial charge on any atom is 0.233 e. The zero-order valence-corrected chi connectivity index (χ0v) is 22.0. The first-order chi connectivity index (χ1) is 14.3. The molecule has 1 heterocycles. The van der Waals surface area contributed by atoms with Gasteiger partial charge in [0.25, 0.3) is 0 Å². The third-order valence-electron chi connectivity index (χ3n) is 4.42. The zero-order chi connectivity index (χ0) is 22.4. The standard InChI is InChI=1S/C22H32Br2Cl2O4/c1-17(23)15-19(25)5-6-21(28-12-3-11-27)8-10-22(29-13-4-14-30-22)9-7-20(26)16-18(2)24/h19-21,27H,1-7,9,11-16H2/t19-,20-,21?/m1/s1. The number of aliphatic hydroxyl groups is 1. The second-order valence-corrected chi connectivity index (χ2v) is 10.7. The number of hydrogen-bond donors (Lipinski definition) is 1. The van der Waals surface area contributed by atoms with Crippen molar-refractivity contribution in [1.29, 1.82) is 0 Å². The number of aliphatic hydroxyl groups excluding tert-OH is 1. The van der Waals surface area contributed by atoms with Crippen molar-refractivity contribution in [3.8, 4) is 11.8 Å². The first kappa shape index (κ1) is 28.5. The maximum atomic E-state index is 9.04. The van der Waals surface area contributed by atoms with Gasteiger partial charge in [0, 0.05) is 23.8 Å². The molecule has 0 aliphatic carbocycles. The molecule has 0 aromatic rings. The highest BCUT2D eigenvalue weighted by atomic mass is 79.9. The van der Waals surface area contributed by atoms with Crippen molar-refractivity contribution in [1.82, 2.24) is 0 Å². The van der Waals surface area contributed by atoms with Gasteiger partial charge in [-0.2, -0.15) is 0 Å². The Morgan fingerprint density at radius 3 is 2.23 bits per heavy atom. The first-order valence-electron chi connectivity index (χ1n) is 10.2. The lowest BCUT2D eigenvalue weighted by Crippen LogP contribution is -2.40. The van der Waals surface area contributed by atoms with Gasteiger partial charge >= 0.3 is 0 Å². The summed E-state index contributed by atoms with van der Waals surface area (Å²) >= 11 is 19.5. The molecule has 0 radical (unpaired) electrons. The van der Waals surface area contributed by atoms with Crippen LogP contribution in [0.2, 0.25) is 0 Å². The van der Waals surface area contributed by atoms with E-state index in [4.69, 9.17) is 42.5 Å². The second-order valence-electron chi connectivity index (χ2n) is 7.26. The average Bonchev–Trinajstić information content (AvgIpc) is 2.68. The summed E-state index contributed by atoms with van der Waals surface area (Å²) in [6.07, 6.45) is 5.10. The molecule has 1 N–H and O–H groups in total. The topological polar surface area (TPSA) is 47.9 Å². The van der Waals surface area contributed by atoms with E-state index in [2.05, 4.69) is 56.9 Å². The molecule has 4 nitrogen and oxygen atoms in total. The summed E-state index contributed by atoms with van der Waals surface area (Å²) in [5, 5.41) is 8.92. The van der Waals surface area contributed by atoms with E-state index >= 15 is 0 Å². The van der Waals surface area contributed by atoms with Crippen molar-refractivity contribution in [3.63, 3.8) is 0 Å². The van der Waals surface area contributed by atoms with Gasteiger partial charge in [-0.3, -0.25) is 0 Å². The third kappa shape index (κ3) is 13.1. The lowest BCUT2D eigenvalue weighted by atomic mass is 10.0. The summed E-state index contributed by atoms with van der Waals surface area (Å²) in [6, 6.07) is 0. The zero-order valence-electron chi connectivity index (χ0n) is 17.3. The van der Waals surface area contributed by atoms with Gasteiger partial charge in [0.05, 0.1) is 19.8 Å². The summed E-state index contributed by atoms with van der Waals surface area (Å²) in [5.41, 5.74) is 0. The molecule has 1 aliphatic heterocycles. The molecule has 0 spiro atoms. The molecule has 0 bridgehead atoms. The Bertz CT molecular complexity index is 585. The quantitative estimate of drug-likeness (QED) is 0.147. The van der Waals surface area contributed by atoms with Gasteiger partial charge in [0.1, 0.15) is 6.10 Å². The molecule has 1 rings (SSSR count). The fourth-order valence-electron chi connectivity index (χ4n) is 2.90. The highest BCUT2D eigenvalue weighted by Crippen LogP contribution is 2.28. The molecular weight excluding hydrogens is 559 g/mol. The smallest absolute Gasteiger partial charge is 0.233 e. The van der Waals surface area contributed by atoms with Crippen LogP contribution >= 0.6 is 55.1 Å². The van der Waals surface area contributed by atoms with Crippen LogP contribution in [0.5, 0.6) is 0 Å². The Hall–Kier alpha value is 0.420. The highest BCUT2D eigenvalue weighted by Gasteiger charge is 2.33. The van der Waals surface area contributed by atoms with Crippen molar-refractivity contribution >= 4 is 55.1 Å². The second kappa shape index (κ2) is 16.1. The van der Waals surface area contributed by atoms with Crippen LogP contribution in [-0.2, 0) is 14.2 Å². The van der Waals surface area contributed by atoms with E-state index in [-0.39, 0.29) is 23.5 Å². The van der Waals surface area contributed by atoms with Gasteiger partial charge in [0.2, 0.25) is 5.79 Å². The summed E-state index contributed by atoms with van der Waals surface area (Å²) < 4.78 is 19.5. The predicted molar refractivity (Wildman–Crippen MR) is 132 cm³/mol. The number of rotatable bonds is 14. The molecular formula is C22H32Br2Cl2O4. The van der Waals surface area contributed by atoms with Crippen LogP contribution in [0.25, 0.3) is 0 Å². The van der Waals surface area contributed by atoms with E-state index < -0.39 is 5.79 Å². The van der Waals surface area contributed by atoms with Crippen LogP contribution < -0.4 is 0 Å². The average molecular weight is 591 g/mol. The van der Waals surface area contributed by atoms with Gasteiger partial charge in [-0.1, -0.05) is 50.9 Å². The monoisotopic (exact) mass is 588 g/mol. The summed E-state index contributed by atoms with van der Waals surface area (Å²) in [5.74, 6) is 5.42. The van der Waals surface area contributed by atoms with E-state index in [0.29, 0.717) is 58.3 Å². The van der Waals surface area contributed by atoms with E-state index in [1.807, 2.05) is 0 Å². The minimum atomic E-state index is -0.970. The first-order valence-corrected chi connectivity index (χ1v) is 12.7. The van der Waals surface area contributed by atoms with E-state index in [0.717, 1.165) is 21.8 Å². The van der Waals surface area contributed by atoms with Crippen LogP contribution in [0.3, 0.4) is 0 Å². The fourth-order valence-corrected chi connectivity index (χ4v) is 4.66. The van der Waals surface area contributed by atoms with Crippen molar-refractivity contribution in [2.75, 3.05) is 26.4 Å². The SMILES string of the molecule is C=C(Br)C[C@H](Cl)CCC(C#CC1(CC[C@@H](Cl)CC(=C)Br)OCCCO1)OCCCO. The Balaban J connectivity index is 2.80. The van der Waals surface area contributed by atoms with Crippen molar-refractivity contribution in [2.24, 2.45) is 0 Å². The molecule has 8 heteroatoms.